The molecule has 0 amide bonds. The number of carboxylic acids is 1. The van der Waals surface area contributed by atoms with Crippen molar-refractivity contribution in [1.82, 2.24) is 24.3 Å². The van der Waals surface area contributed by atoms with Crippen LogP contribution in [0.4, 0.5) is 5.82 Å². The van der Waals surface area contributed by atoms with E-state index in [2.05, 4.69) is 10.1 Å². The number of Topliss-reactive ketones (excluding diaryl/α,β-unsaturated/α-hetero) is 1. The van der Waals surface area contributed by atoms with Crippen molar-refractivity contribution in [2.75, 3.05) is 51.5 Å². The minimum Gasteiger partial charge on any atom is -0.477 e. The van der Waals surface area contributed by atoms with Crippen molar-refractivity contribution in [3.8, 4) is 11.0 Å². The smallest absolute Gasteiger partial charge is 0.341 e. The van der Waals surface area contributed by atoms with Crippen LogP contribution >= 0.6 is 11.3 Å². The minimum absolute atomic E-state index is 0.0668. The van der Waals surface area contributed by atoms with Crippen LogP contribution in [0.1, 0.15) is 21.6 Å². The van der Waals surface area contributed by atoms with Crippen LogP contribution in [0.5, 0.6) is 5.88 Å². The van der Waals surface area contributed by atoms with Gasteiger partial charge in [0.1, 0.15) is 23.8 Å². The second kappa shape index (κ2) is 12.2. The first-order chi connectivity index (χ1) is 19.8. The number of carbonyl (C=O) groups excluding carboxylic acids is 1. The first-order valence-electron chi connectivity index (χ1n) is 13.0. The molecule has 0 aliphatic carbocycles. The largest absolute Gasteiger partial charge is 0.477 e. The van der Waals surface area contributed by atoms with Gasteiger partial charge in [-0.1, -0.05) is 0 Å². The molecule has 0 spiro atoms. The molecule has 0 bridgehead atoms. The molecule has 41 heavy (non-hydrogen) atoms. The maximum absolute atomic E-state index is 13.0. The van der Waals surface area contributed by atoms with E-state index in [4.69, 9.17) is 19.2 Å². The van der Waals surface area contributed by atoms with Crippen molar-refractivity contribution < 1.29 is 28.9 Å². The van der Waals surface area contributed by atoms with Gasteiger partial charge in [-0.2, -0.15) is 5.10 Å². The Morgan fingerprint density at radius 2 is 1.95 bits per heavy atom. The van der Waals surface area contributed by atoms with E-state index in [9.17, 15) is 19.5 Å². The number of carbonyl (C=O) groups is 2. The van der Waals surface area contributed by atoms with Crippen molar-refractivity contribution >= 4 is 39.9 Å². The number of fused-ring (bicyclic) bond motifs is 1. The first kappa shape index (κ1) is 28.4. The second-order valence-electron chi connectivity index (χ2n) is 9.65. The van der Waals surface area contributed by atoms with Gasteiger partial charge in [-0.15, -0.1) is 11.3 Å². The van der Waals surface area contributed by atoms with Gasteiger partial charge in [0.15, 0.2) is 10.8 Å². The Balaban J connectivity index is 1.26. The molecule has 4 aromatic heterocycles. The highest BCUT2D eigenvalue weighted by Crippen LogP contribution is 2.29. The van der Waals surface area contributed by atoms with E-state index < -0.39 is 11.4 Å². The predicted molar refractivity (Wildman–Crippen MR) is 151 cm³/mol. The number of carboxylic acid groups (broad SMARTS) is 1. The summed E-state index contributed by atoms with van der Waals surface area (Å²) in [5.41, 5.74) is 0.616. The number of methoxy groups -OCH3 is 1. The van der Waals surface area contributed by atoms with Gasteiger partial charge in [0.25, 0.3) is 0 Å². The van der Waals surface area contributed by atoms with Gasteiger partial charge in [-0.3, -0.25) is 14.2 Å². The topological polar surface area (TPSA) is 151 Å². The van der Waals surface area contributed by atoms with Crippen molar-refractivity contribution in [1.29, 1.82) is 0 Å². The number of ether oxygens (including phenoxy) is 3. The number of aromatic carboxylic acids is 1. The van der Waals surface area contributed by atoms with Crippen LogP contribution in [0, 0.1) is 12.8 Å². The van der Waals surface area contributed by atoms with Crippen molar-refractivity contribution in [2.45, 2.75) is 13.3 Å². The molecular formula is C27H30N6O7S. The Hall–Kier alpha value is -4.14. The van der Waals surface area contributed by atoms with E-state index in [-0.39, 0.29) is 29.1 Å². The second-order valence-corrected chi connectivity index (χ2v) is 10.5. The highest BCUT2D eigenvalue weighted by molar-refractivity contribution is 7.12. The number of aryl methyl sites for hydroxylation is 2. The average Bonchev–Trinajstić information content (AvgIpc) is 3.55. The minimum atomic E-state index is -1.31. The number of pyridine rings is 2. The molecule has 216 valence electrons. The normalized spacial score (nSPS) is 13.5. The summed E-state index contributed by atoms with van der Waals surface area (Å²) in [6.07, 6.45) is 3.05. The monoisotopic (exact) mass is 582 g/mol. The zero-order valence-electron chi connectivity index (χ0n) is 22.9. The van der Waals surface area contributed by atoms with Crippen molar-refractivity contribution in [2.24, 2.45) is 13.0 Å². The summed E-state index contributed by atoms with van der Waals surface area (Å²) in [6, 6.07) is 3.52. The van der Waals surface area contributed by atoms with Crippen molar-refractivity contribution in [3.05, 3.63) is 57.0 Å². The summed E-state index contributed by atoms with van der Waals surface area (Å²) in [7, 11) is 3.38. The number of nitrogens with zero attached hydrogens (tertiary/aromatic N) is 6. The molecule has 13 nitrogen and oxygen atoms in total. The van der Waals surface area contributed by atoms with Gasteiger partial charge in [-0.05, 0) is 18.6 Å². The number of ketones is 1. The molecule has 1 N–H and O–H groups in total. The highest BCUT2D eigenvalue weighted by atomic mass is 32.1. The molecule has 0 aromatic carbocycles. The number of hydrogen-bond acceptors (Lipinski definition) is 11. The van der Waals surface area contributed by atoms with Gasteiger partial charge < -0.3 is 24.2 Å². The van der Waals surface area contributed by atoms with Crippen LogP contribution in [0.15, 0.2) is 34.7 Å². The molecular weight excluding hydrogens is 552 g/mol. The van der Waals surface area contributed by atoms with E-state index >= 15 is 0 Å². The van der Waals surface area contributed by atoms with E-state index in [0.29, 0.717) is 73.3 Å². The molecule has 1 fully saturated rings. The Bertz CT molecular complexity index is 1630. The summed E-state index contributed by atoms with van der Waals surface area (Å²) >= 11 is 1.30. The standard InChI is InChI=1S/C27H30N6O7S/c1-16-10-21(29-25-23(16)24(35)19(26(36)37)15-33(25)27-28-4-9-41-27)32-13-17(14-32)20(34)11-18-12-22(31(2)30-18)40-8-7-39-6-5-38-3/h4,9-10,12,15,17H,5-8,11,13-14H2,1-3H3,(H,36,37). The average molecular weight is 583 g/mol. The molecule has 14 heteroatoms. The summed E-state index contributed by atoms with van der Waals surface area (Å²) in [5.74, 6) is -0.269. The van der Waals surface area contributed by atoms with Gasteiger partial charge in [-0.25, -0.2) is 19.4 Å². The number of aromatic nitrogens is 5. The maximum atomic E-state index is 13.0. The third-order valence-corrected chi connectivity index (χ3v) is 7.58. The summed E-state index contributed by atoms with van der Waals surface area (Å²) in [5, 5.41) is 16.5. The Morgan fingerprint density at radius 3 is 2.66 bits per heavy atom. The number of rotatable bonds is 13. The van der Waals surface area contributed by atoms with Gasteiger partial charge in [0, 0.05) is 51.1 Å². The summed E-state index contributed by atoms with van der Waals surface area (Å²) < 4.78 is 19.2. The molecule has 0 unspecified atom stereocenters. The van der Waals surface area contributed by atoms with E-state index in [0.717, 1.165) is 0 Å². The Kier molecular flexibility index (Phi) is 8.42. The molecule has 0 radical (unpaired) electrons. The highest BCUT2D eigenvalue weighted by Gasteiger charge is 2.34. The number of anilines is 1. The lowest BCUT2D eigenvalue weighted by Gasteiger charge is -2.39. The van der Waals surface area contributed by atoms with E-state index in [1.54, 1.807) is 49.5 Å². The molecule has 0 atom stereocenters. The molecule has 1 aliphatic rings. The fourth-order valence-electron chi connectivity index (χ4n) is 4.64. The lowest BCUT2D eigenvalue weighted by atomic mass is 9.92. The van der Waals surface area contributed by atoms with Crippen molar-refractivity contribution in [3.63, 3.8) is 0 Å². The molecule has 5 heterocycles. The Labute approximate surface area is 238 Å². The van der Waals surface area contributed by atoms with E-state index in [1.165, 1.54) is 22.1 Å². The summed E-state index contributed by atoms with van der Waals surface area (Å²) in [4.78, 5) is 48.7. The maximum Gasteiger partial charge on any atom is 0.341 e. The fraction of sp³-hybridized carbons (Fsp3) is 0.407. The van der Waals surface area contributed by atoms with Crippen LogP contribution in [0.2, 0.25) is 0 Å². The summed E-state index contributed by atoms with van der Waals surface area (Å²) in [6.45, 7) is 4.50. The molecule has 1 aliphatic heterocycles. The van der Waals surface area contributed by atoms with Crippen LogP contribution in [-0.2, 0) is 27.7 Å². The lowest BCUT2D eigenvalue weighted by Crippen LogP contribution is -2.51. The fourth-order valence-corrected chi connectivity index (χ4v) is 5.26. The van der Waals surface area contributed by atoms with E-state index in [1.807, 2.05) is 4.90 Å². The molecule has 4 aromatic rings. The zero-order chi connectivity index (χ0) is 29.1. The van der Waals surface area contributed by atoms with Gasteiger partial charge >= 0.3 is 5.97 Å². The third-order valence-electron chi connectivity index (χ3n) is 6.81. The zero-order valence-corrected chi connectivity index (χ0v) is 23.7. The molecule has 1 saturated heterocycles. The first-order valence-corrected chi connectivity index (χ1v) is 13.8. The predicted octanol–water partition coefficient (Wildman–Crippen LogP) is 1.87. The quantitative estimate of drug-likeness (QED) is 0.230. The van der Waals surface area contributed by atoms with Crippen LogP contribution in [-0.4, -0.2) is 87.8 Å². The molecule has 0 saturated carbocycles. The van der Waals surface area contributed by atoms with Crippen LogP contribution in [0.3, 0.4) is 0 Å². The lowest BCUT2D eigenvalue weighted by molar-refractivity contribution is -0.123. The number of hydrogen-bond donors (Lipinski definition) is 1. The molecule has 5 rings (SSSR count). The SMILES string of the molecule is COCCOCCOc1cc(CC(=O)C2CN(c3cc(C)c4c(=O)c(C(=O)O)cn(-c5nccs5)c4n3)C2)nn1C. The van der Waals surface area contributed by atoms with Crippen LogP contribution < -0.4 is 15.1 Å². The third kappa shape index (κ3) is 5.99. The van der Waals surface area contributed by atoms with Crippen LogP contribution in [0.25, 0.3) is 16.2 Å². The Morgan fingerprint density at radius 1 is 1.17 bits per heavy atom. The number of thiazole rings is 1. The van der Waals surface area contributed by atoms with Gasteiger partial charge in [0.2, 0.25) is 11.3 Å². The van der Waals surface area contributed by atoms with Gasteiger partial charge in [0.05, 0.1) is 43.2 Å².